The van der Waals surface area contributed by atoms with Crippen LogP contribution >= 0.6 is 15.9 Å². The third-order valence-corrected chi connectivity index (χ3v) is 7.18. The standard InChI is InChI=1S/C32H39BrN2O4/c1-5-6-17-34-32(37)29(19-24-11-8-7-9-12-24)35(21-25-13-10-14-27(18-25)38-4)31(36)22-39-30-16-15-26(23(2)3)20-28(30)33/h7-16,18,20,23,29H,5-6,17,19,21-22H2,1-4H3,(H,34,37). The monoisotopic (exact) mass is 594 g/mol. The van der Waals surface area contributed by atoms with Crippen molar-refractivity contribution in [3.8, 4) is 11.5 Å². The number of amides is 2. The predicted octanol–water partition coefficient (Wildman–Crippen LogP) is 6.52. The fraction of sp³-hybridized carbons (Fsp3) is 0.375. The molecule has 3 rings (SSSR count). The van der Waals surface area contributed by atoms with Gasteiger partial charge in [0.1, 0.15) is 17.5 Å². The van der Waals surface area contributed by atoms with E-state index in [0.29, 0.717) is 30.4 Å². The minimum Gasteiger partial charge on any atom is -0.497 e. The second-order valence-corrected chi connectivity index (χ2v) is 10.7. The molecule has 3 aromatic carbocycles. The molecule has 208 valence electrons. The predicted molar refractivity (Wildman–Crippen MR) is 159 cm³/mol. The van der Waals surface area contributed by atoms with Crippen molar-refractivity contribution in [3.63, 3.8) is 0 Å². The number of nitrogens with zero attached hydrogens (tertiary/aromatic N) is 1. The number of hydrogen-bond acceptors (Lipinski definition) is 4. The Kier molecular flexibility index (Phi) is 11.9. The SMILES string of the molecule is CCCCNC(=O)C(Cc1ccccc1)N(Cc1cccc(OC)c1)C(=O)COc1ccc(C(C)C)cc1Br. The first kappa shape index (κ1) is 30.2. The number of carbonyl (C=O) groups is 2. The van der Waals surface area contributed by atoms with E-state index >= 15 is 0 Å². The highest BCUT2D eigenvalue weighted by Gasteiger charge is 2.30. The second kappa shape index (κ2) is 15.3. The molecular weight excluding hydrogens is 556 g/mol. The van der Waals surface area contributed by atoms with Crippen LogP contribution in [0.3, 0.4) is 0 Å². The van der Waals surface area contributed by atoms with Crippen LogP contribution in [-0.4, -0.2) is 43.0 Å². The normalized spacial score (nSPS) is 11.6. The Labute approximate surface area is 240 Å². The number of benzene rings is 3. The number of nitrogens with one attached hydrogen (secondary N) is 1. The highest BCUT2D eigenvalue weighted by atomic mass is 79.9. The van der Waals surface area contributed by atoms with Crippen LogP contribution in [0.15, 0.2) is 77.3 Å². The lowest BCUT2D eigenvalue weighted by Gasteiger charge is -2.31. The largest absolute Gasteiger partial charge is 0.497 e. The lowest BCUT2D eigenvalue weighted by Crippen LogP contribution is -2.51. The van der Waals surface area contributed by atoms with Crippen molar-refractivity contribution < 1.29 is 19.1 Å². The topological polar surface area (TPSA) is 67.9 Å². The zero-order chi connectivity index (χ0) is 28.2. The van der Waals surface area contributed by atoms with Crippen LogP contribution in [0.5, 0.6) is 11.5 Å². The summed E-state index contributed by atoms with van der Waals surface area (Å²) in [7, 11) is 1.61. The molecule has 0 aliphatic heterocycles. The molecule has 0 saturated carbocycles. The average Bonchev–Trinajstić information content (AvgIpc) is 2.94. The van der Waals surface area contributed by atoms with Gasteiger partial charge in [-0.25, -0.2) is 0 Å². The second-order valence-electron chi connectivity index (χ2n) is 9.86. The molecule has 0 bridgehead atoms. The van der Waals surface area contributed by atoms with Gasteiger partial charge in [0.15, 0.2) is 6.61 Å². The third-order valence-electron chi connectivity index (χ3n) is 6.56. The molecule has 0 heterocycles. The summed E-state index contributed by atoms with van der Waals surface area (Å²) in [6.07, 6.45) is 2.23. The van der Waals surface area contributed by atoms with Crippen molar-refractivity contribution in [2.75, 3.05) is 20.3 Å². The van der Waals surface area contributed by atoms with Crippen LogP contribution in [-0.2, 0) is 22.6 Å². The lowest BCUT2D eigenvalue weighted by molar-refractivity contribution is -0.142. The van der Waals surface area contributed by atoms with Gasteiger partial charge in [0.05, 0.1) is 11.6 Å². The summed E-state index contributed by atoms with van der Waals surface area (Å²) in [5, 5.41) is 3.04. The van der Waals surface area contributed by atoms with Crippen LogP contribution < -0.4 is 14.8 Å². The minimum absolute atomic E-state index is 0.175. The van der Waals surface area contributed by atoms with E-state index in [1.165, 1.54) is 5.56 Å². The van der Waals surface area contributed by atoms with Gasteiger partial charge in [-0.2, -0.15) is 0 Å². The summed E-state index contributed by atoms with van der Waals surface area (Å²) in [6.45, 7) is 6.94. The fourth-order valence-corrected chi connectivity index (χ4v) is 4.75. The highest BCUT2D eigenvalue weighted by molar-refractivity contribution is 9.10. The van der Waals surface area contributed by atoms with Crippen LogP contribution in [0, 0.1) is 0 Å². The molecule has 3 aromatic rings. The molecule has 1 unspecified atom stereocenters. The van der Waals surface area contributed by atoms with E-state index in [9.17, 15) is 9.59 Å². The van der Waals surface area contributed by atoms with Crippen LogP contribution in [0.1, 0.15) is 56.2 Å². The van der Waals surface area contributed by atoms with E-state index < -0.39 is 6.04 Å². The van der Waals surface area contributed by atoms with Crippen molar-refractivity contribution >= 4 is 27.7 Å². The van der Waals surface area contributed by atoms with Gasteiger partial charge >= 0.3 is 0 Å². The van der Waals surface area contributed by atoms with E-state index in [-0.39, 0.29) is 25.0 Å². The van der Waals surface area contributed by atoms with E-state index in [1.54, 1.807) is 12.0 Å². The molecule has 39 heavy (non-hydrogen) atoms. The Morgan fingerprint density at radius 2 is 1.72 bits per heavy atom. The van der Waals surface area contributed by atoms with Crippen molar-refractivity contribution in [1.29, 1.82) is 0 Å². The zero-order valence-corrected chi connectivity index (χ0v) is 24.9. The van der Waals surface area contributed by atoms with Gasteiger partial charge in [0.2, 0.25) is 5.91 Å². The molecule has 1 atom stereocenters. The number of unbranched alkanes of at least 4 members (excludes halogenated alkanes) is 1. The number of methoxy groups -OCH3 is 1. The maximum Gasteiger partial charge on any atom is 0.261 e. The van der Waals surface area contributed by atoms with Gasteiger partial charge < -0.3 is 19.7 Å². The summed E-state index contributed by atoms with van der Waals surface area (Å²) in [5.74, 6) is 1.20. The first-order valence-corrected chi connectivity index (χ1v) is 14.3. The Balaban J connectivity index is 1.90. The molecule has 0 aliphatic rings. The Morgan fingerprint density at radius 1 is 0.974 bits per heavy atom. The molecular formula is C32H39BrN2O4. The number of ether oxygens (including phenoxy) is 2. The van der Waals surface area contributed by atoms with E-state index in [1.807, 2.05) is 72.8 Å². The summed E-state index contributed by atoms with van der Waals surface area (Å²) >= 11 is 3.58. The Morgan fingerprint density at radius 3 is 2.38 bits per heavy atom. The molecule has 0 saturated heterocycles. The molecule has 2 amide bonds. The van der Waals surface area contributed by atoms with Gasteiger partial charge in [-0.3, -0.25) is 9.59 Å². The summed E-state index contributed by atoms with van der Waals surface area (Å²) < 4.78 is 12.2. The number of carbonyl (C=O) groups excluding carboxylic acids is 2. The molecule has 1 N–H and O–H groups in total. The zero-order valence-electron chi connectivity index (χ0n) is 23.3. The molecule has 6 nitrogen and oxygen atoms in total. The van der Waals surface area contributed by atoms with Crippen molar-refractivity contribution in [3.05, 3.63) is 94.0 Å². The lowest BCUT2D eigenvalue weighted by atomic mass is 10.0. The fourth-order valence-electron chi connectivity index (χ4n) is 4.24. The van der Waals surface area contributed by atoms with E-state index in [0.717, 1.165) is 28.4 Å². The number of halogens is 1. The van der Waals surface area contributed by atoms with Gasteiger partial charge in [0.25, 0.3) is 5.91 Å². The number of hydrogen-bond donors (Lipinski definition) is 1. The Hall–Kier alpha value is -3.32. The maximum atomic E-state index is 13.8. The average molecular weight is 596 g/mol. The molecule has 0 aromatic heterocycles. The van der Waals surface area contributed by atoms with Gasteiger partial charge in [-0.1, -0.05) is 75.7 Å². The van der Waals surface area contributed by atoms with Crippen LogP contribution in [0.4, 0.5) is 0 Å². The molecule has 0 spiro atoms. The van der Waals surface area contributed by atoms with Crippen LogP contribution in [0.2, 0.25) is 0 Å². The quantitative estimate of drug-likeness (QED) is 0.216. The van der Waals surface area contributed by atoms with E-state index in [2.05, 4.69) is 42.0 Å². The minimum atomic E-state index is -0.710. The van der Waals surface area contributed by atoms with Crippen molar-refractivity contribution in [2.24, 2.45) is 0 Å². The van der Waals surface area contributed by atoms with Gasteiger partial charge in [-0.05, 0) is 69.2 Å². The van der Waals surface area contributed by atoms with E-state index in [4.69, 9.17) is 9.47 Å². The van der Waals surface area contributed by atoms with Gasteiger partial charge in [-0.15, -0.1) is 0 Å². The summed E-state index contributed by atoms with van der Waals surface area (Å²) in [4.78, 5) is 29.0. The number of rotatable bonds is 14. The molecule has 0 aliphatic carbocycles. The summed E-state index contributed by atoms with van der Waals surface area (Å²) in [6, 6.07) is 22.5. The highest BCUT2D eigenvalue weighted by Crippen LogP contribution is 2.29. The molecule has 0 radical (unpaired) electrons. The van der Waals surface area contributed by atoms with Crippen molar-refractivity contribution in [1.82, 2.24) is 10.2 Å². The summed E-state index contributed by atoms with van der Waals surface area (Å²) in [5.41, 5.74) is 3.01. The third kappa shape index (κ3) is 9.13. The van der Waals surface area contributed by atoms with Crippen molar-refractivity contribution in [2.45, 2.75) is 58.5 Å². The maximum absolute atomic E-state index is 13.8. The molecule has 0 fully saturated rings. The smallest absolute Gasteiger partial charge is 0.261 e. The Bertz CT molecular complexity index is 1220. The molecule has 7 heteroatoms. The van der Waals surface area contributed by atoms with Crippen LogP contribution in [0.25, 0.3) is 0 Å². The first-order valence-electron chi connectivity index (χ1n) is 13.5. The first-order chi connectivity index (χ1) is 18.8. The van der Waals surface area contributed by atoms with Gasteiger partial charge in [0, 0.05) is 19.5 Å².